The minimum Gasteiger partial charge on any atom is -0.228 e. The van der Waals surface area contributed by atoms with Gasteiger partial charge in [-0.1, -0.05) is 11.8 Å². The third-order valence-corrected chi connectivity index (χ3v) is 1.53. The standard InChI is InChI=1S/C10H7FN2/c1-8-9(4-2-3-6-12)5-7-13-10(8)11/h5,7H,3H2,1H3. The van der Waals surface area contributed by atoms with Crippen molar-refractivity contribution in [2.45, 2.75) is 13.3 Å². The molecule has 0 amide bonds. The molecule has 1 aromatic heterocycles. The van der Waals surface area contributed by atoms with Crippen LogP contribution in [-0.4, -0.2) is 4.98 Å². The first-order valence-electron chi connectivity index (χ1n) is 3.72. The van der Waals surface area contributed by atoms with Crippen LogP contribution in [0.15, 0.2) is 12.3 Å². The summed E-state index contributed by atoms with van der Waals surface area (Å²) in [4.78, 5) is 3.47. The number of nitrogens with zero attached hydrogens (tertiary/aromatic N) is 2. The zero-order chi connectivity index (χ0) is 9.68. The first-order chi connectivity index (χ1) is 6.25. The molecule has 0 atom stereocenters. The Labute approximate surface area is 76.0 Å². The van der Waals surface area contributed by atoms with E-state index < -0.39 is 5.95 Å². The molecule has 1 rings (SSSR count). The molecule has 0 fully saturated rings. The van der Waals surface area contributed by atoms with Crippen LogP contribution >= 0.6 is 0 Å². The van der Waals surface area contributed by atoms with E-state index in [1.165, 1.54) is 6.20 Å². The highest BCUT2D eigenvalue weighted by Crippen LogP contribution is 2.07. The van der Waals surface area contributed by atoms with Gasteiger partial charge in [-0.05, 0) is 13.0 Å². The zero-order valence-electron chi connectivity index (χ0n) is 7.13. The molecular weight excluding hydrogens is 167 g/mol. The maximum Gasteiger partial charge on any atom is 0.216 e. The van der Waals surface area contributed by atoms with Gasteiger partial charge in [0.15, 0.2) is 0 Å². The lowest BCUT2D eigenvalue weighted by Gasteiger charge is -1.96. The van der Waals surface area contributed by atoms with E-state index in [0.29, 0.717) is 11.1 Å². The summed E-state index contributed by atoms with van der Waals surface area (Å²) < 4.78 is 12.8. The molecule has 0 saturated carbocycles. The van der Waals surface area contributed by atoms with Gasteiger partial charge in [-0.3, -0.25) is 0 Å². The van der Waals surface area contributed by atoms with Gasteiger partial charge in [-0.25, -0.2) is 4.98 Å². The molecule has 13 heavy (non-hydrogen) atoms. The van der Waals surface area contributed by atoms with Crippen LogP contribution in [0.3, 0.4) is 0 Å². The summed E-state index contributed by atoms with van der Waals surface area (Å²) in [5.41, 5.74) is 1.01. The van der Waals surface area contributed by atoms with Gasteiger partial charge in [0.05, 0.1) is 12.5 Å². The quantitative estimate of drug-likeness (QED) is 0.444. The Bertz CT molecular complexity index is 407. The number of halogens is 1. The van der Waals surface area contributed by atoms with Gasteiger partial charge in [0.2, 0.25) is 5.95 Å². The molecule has 0 aliphatic carbocycles. The molecule has 2 nitrogen and oxygen atoms in total. The fourth-order valence-electron chi connectivity index (χ4n) is 0.825. The average molecular weight is 174 g/mol. The second kappa shape index (κ2) is 4.23. The lowest BCUT2D eigenvalue weighted by atomic mass is 10.1. The van der Waals surface area contributed by atoms with Crippen LogP contribution in [0.1, 0.15) is 17.5 Å². The molecule has 0 saturated heterocycles. The zero-order valence-corrected chi connectivity index (χ0v) is 7.13. The Balaban J connectivity index is 2.99. The van der Waals surface area contributed by atoms with Gasteiger partial charge < -0.3 is 0 Å². The molecule has 64 valence electrons. The minimum atomic E-state index is -0.510. The van der Waals surface area contributed by atoms with Crippen molar-refractivity contribution in [1.82, 2.24) is 4.98 Å². The third-order valence-electron chi connectivity index (χ3n) is 1.53. The van der Waals surface area contributed by atoms with Crippen LogP contribution in [0.2, 0.25) is 0 Å². The number of hydrogen-bond acceptors (Lipinski definition) is 2. The predicted octanol–water partition coefficient (Wildman–Crippen LogP) is 1.79. The summed E-state index contributed by atoms with van der Waals surface area (Å²) in [6, 6.07) is 3.52. The molecule has 0 radical (unpaired) electrons. The third kappa shape index (κ3) is 2.28. The van der Waals surface area contributed by atoms with Crippen molar-refractivity contribution >= 4 is 0 Å². The average Bonchev–Trinajstić information content (AvgIpc) is 2.13. The first-order valence-corrected chi connectivity index (χ1v) is 3.72. The highest BCUT2D eigenvalue weighted by atomic mass is 19.1. The molecule has 0 spiro atoms. The van der Waals surface area contributed by atoms with Crippen molar-refractivity contribution in [3.05, 3.63) is 29.3 Å². The van der Waals surface area contributed by atoms with Crippen LogP contribution in [0.5, 0.6) is 0 Å². The number of rotatable bonds is 0. The minimum absolute atomic E-state index is 0.156. The number of nitriles is 1. The molecule has 3 heteroatoms. The summed E-state index contributed by atoms with van der Waals surface area (Å²) >= 11 is 0. The summed E-state index contributed by atoms with van der Waals surface area (Å²) in [7, 11) is 0. The Morgan fingerprint density at radius 2 is 2.38 bits per heavy atom. The van der Waals surface area contributed by atoms with E-state index in [4.69, 9.17) is 5.26 Å². The maximum atomic E-state index is 12.8. The van der Waals surface area contributed by atoms with Gasteiger partial charge in [0.25, 0.3) is 0 Å². The molecule has 0 aliphatic heterocycles. The van der Waals surface area contributed by atoms with E-state index in [9.17, 15) is 4.39 Å². The van der Waals surface area contributed by atoms with Crippen molar-refractivity contribution in [3.8, 4) is 17.9 Å². The molecule has 0 bridgehead atoms. The Morgan fingerprint density at radius 3 is 3.08 bits per heavy atom. The predicted molar refractivity (Wildman–Crippen MR) is 46.0 cm³/mol. The smallest absolute Gasteiger partial charge is 0.216 e. The lowest BCUT2D eigenvalue weighted by Crippen LogP contribution is -1.90. The fourth-order valence-corrected chi connectivity index (χ4v) is 0.825. The monoisotopic (exact) mass is 174 g/mol. The number of aromatic nitrogens is 1. The lowest BCUT2D eigenvalue weighted by molar-refractivity contribution is 0.574. The van der Waals surface area contributed by atoms with Gasteiger partial charge in [-0.2, -0.15) is 9.65 Å². The van der Waals surface area contributed by atoms with Crippen molar-refractivity contribution in [1.29, 1.82) is 5.26 Å². The SMILES string of the molecule is Cc1c(C#CCC#N)ccnc1F. The van der Waals surface area contributed by atoms with Crippen molar-refractivity contribution < 1.29 is 4.39 Å². The van der Waals surface area contributed by atoms with Crippen LogP contribution < -0.4 is 0 Å². The van der Waals surface area contributed by atoms with Crippen molar-refractivity contribution in [2.75, 3.05) is 0 Å². The van der Waals surface area contributed by atoms with Gasteiger partial charge in [-0.15, -0.1) is 0 Å². The first kappa shape index (κ1) is 9.22. The van der Waals surface area contributed by atoms with E-state index in [0.717, 1.165) is 0 Å². The Kier molecular flexibility index (Phi) is 3.00. The van der Waals surface area contributed by atoms with E-state index >= 15 is 0 Å². The normalized spacial score (nSPS) is 8.38. The fraction of sp³-hybridized carbons (Fsp3) is 0.200. The van der Waals surface area contributed by atoms with E-state index in [-0.39, 0.29) is 6.42 Å². The Morgan fingerprint density at radius 1 is 1.62 bits per heavy atom. The largest absolute Gasteiger partial charge is 0.228 e. The summed E-state index contributed by atoms with van der Waals surface area (Å²) in [6.07, 6.45) is 1.52. The van der Waals surface area contributed by atoms with E-state index in [1.807, 2.05) is 6.07 Å². The maximum absolute atomic E-state index is 12.8. The van der Waals surface area contributed by atoms with Crippen molar-refractivity contribution in [2.24, 2.45) is 0 Å². The van der Waals surface area contributed by atoms with Gasteiger partial charge >= 0.3 is 0 Å². The van der Waals surface area contributed by atoms with Crippen LogP contribution in [0.4, 0.5) is 4.39 Å². The highest BCUT2D eigenvalue weighted by Gasteiger charge is 2.00. The van der Waals surface area contributed by atoms with E-state index in [1.54, 1.807) is 13.0 Å². The summed E-state index contributed by atoms with van der Waals surface area (Å²) in [6.45, 7) is 1.61. The van der Waals surface area contributed by atoms with Crippen molar-refractivity contribution in [3.63, 3.8) is 0 Å². The van der Waals surface area contributed by atoms with Crippen LogP contribution in [0, 0.1) is 36.0 Å². The van der Waals surface area contributed by atoms with E-state index in [2.05, 4.69) is 16.8 Å². The molecule has 0 aromatic carbocycles. The summed E-state index contributed by atoms with van der Waals surface area (Å²) in [5, 5.41) is 8.23. The molecule has 0 N–H and O–H groups in total. The van der Waals surface area contributed by atoms with Gasteiger partial charge in [0.1, 0.15) is 0 Å². The number of hydrogen-bond donors (Lipinski definition) is 0. The molecule has 1 aromatic rings. The second-order valence-electron chi connectivity index (χ2n) is 2.41. The molecule has 1 heterocycles. The highest BCUT2D eigenvalue weighted by molar-refractivity contribution is 5.39. The molecule has 0 unspecified atom stereocenters. The van der Waals surface area contributed by atoms with Crippen LogP contribution in [0.25, 0.3) is 0 Å². The second-order valence-corrected chi connectivity index (χ2v) is 2.41. The summed E-state index contributed by atoms with van der Waals surface area (Å²) in [5.74, 6) is 4.81. The van der Waals surface area contributed by atoms with Crippen LogP contribution in [-0.2, 0) is 0 Å². The number of pyridine rings is 1. The molecule has 0 aliphatic rings. The van der Waals surface area contributed by atoms with Gasteiger partial charge in [0, 0.05) is 17.3 Å². The molecular formula is C10H7FN2. The Hall–Kier alpha value is -1.87. The topological polar surface area (TPSA) is 36.7 Å².